The topological polar surface area (TPSA) is 47.6 Å². The van der Waals surface area contributed by atoms with Crippen LogP contribution in [0, 0.1) is 0 Å². The highest BCUT2D eigenvalue weighted by Crippen LogP contribution is 1.78. The fourth-order valence-electron chi connectivity index (χ4n) is 0.375. The number of rotatable bonds is 4. The van der Waals surface area contributed by atoms with E-state index < -0.39 is 0 Å². The smallest absolute Gasteiger partial charge is 0.0797 e. The van der Waals surface area contributed by atoms with Crippen LogP contribution in [0.15, 0.2) is 4.99 Å². The molecule has 2 N–H and O–H groups in total. The molecule has 0 rings (SSSR count). The lowest BCUT2D eigenvalue weighted by molar-refractivity contribution is 0.197. The summed E-state index contributed by atoms with van der Waals surface area (Å²) in [6.45, 7) is 1.53. The van der Waals surface area contributed by atoms with E-state index in [2.05, 4.69) is 4.99 Å². The molecule has 3 nitrogen and oxygen atoms in total. The van der Waals surface area contributed by atoms with Crippen LogP contribution in [0.2, 0.25) is 0 Å². The highest BCUT2D eigenvalue weighted by atomic mass is 16.5. The summed E-state index contributed by atoms with van der Waals surface area (Å²) in [6.07, 6.45) is 2.26. The summed E-state index contributed by atoms with van der Waals surface area (Å²) in [5.74, 6) is 0. The van der Waals surface area contributed by atoms with Crippen molar-refractivity contribution < 1.29 is 4.74 Å². The van der Waals surface area contributed by atoms with Crippen molar-refractivity contribution in [3.8, 4) is 0 Å². The van der Waals surface area contributed by atoms with E-state index in [1.165, 1.54) is 6.34 Å². The van der Waals surface area contributed by atoms with Gasteiger partial charge in [-0.1, -0.05) is 0 Å². The molecule has 8 heavy (non-hydrogen) atoms. The molecule has 0 atom stereocenters. The minimum atomic E-state index is 0.761. The molecule has 0 spiro atoms. The molecule has 0 aromatic heterocycles. The Hall–Kier alpha value is -0.570. The molecule has 0 fully saturated rings. The Balaban J connectivity index is 2.72. The van der Waals surface area contributed by atoms with Gasteiger partial charge in [0.15, 0.2) is 0 Å². The zero-order chi connectivity index (χ0) is 6.24. The zero-order valence-corrected chi connectivity index (χ0v) is 5.13. The minimum absolute atomic E-state index is 0.761. The number of aliphatic imine (C=N–C) groups is 1. The van der Waals surface area contributed by atoms with Crippen molar-refractivity contribution in [3.05, 3.63) is 0 Å². The molecule has 0 amide bonds. The Kier molecular flexibility index (Phi) is 5.97. The van der Waals surface area contributed by atoms with E-state index in [1.807, 2.05) is 0 Å². The predicted molar refractivity (Wildman–Crippen MR) is 34.0 cm³/mol. The number of nitrogens with two attached hydrogens (primary N) is 1. The molecule has 0 aliphatic heterocycles. The van der Waals surface area contributed by atoms with E-state index in [-0.39, 0.29) is 0 Å². The molecular weight excluding hydrogens is 104 g/mol. The van der Waals surface area contributed by atoms with E-state index in [0.29, 0.717) is 0 Å². The summed E-state index contributed by atoms with van der Waals surface area (Å²) in [4.78, 5) is 3.78. The first-order valence-electron chi connectivity index (χ1n) is 2.60. The average molecular weight is 116 g/mol. The second-order valence-corrected chi connectivity index (χ2v) is 1.40. The van der Waals surface area contributed by atoms with Crippen LogP contribution in [0.4, 0.5) is 0 Å². The van der Waals surface area contributed by atoms with E-state index in [9.17, 15) is 0 Å². The number of ether oxygens (including phenoxy) is 1. The van der Waals surface area contributed by atoms with Gasteiger partial charge in [0.05, 0.1) is 6.34 Å². The fourth-order valence-corrected chi connectivity index (χ4v) is 0.375. The van der Waals surface area contributed by atoms with E-state index in [1.54, 1.807) is 7.11 Å². The van der Waals surface area contributed by atoms with Crippen molar-refractivity contribution in [1.29, 1.82) is 0 Å². The van der Waals surface area contributed by atoms with Crippen LogP contribution in [0.25, 0.3) is 0 Å². The highest BCUT2D eigenvalue weighted by Gasteiger charge is 1.78. The molecule has 0 unspecified atom stereocenters. The van der Waals surface area contributed by atoms with Gasteiger partial charge < -0.3 is 10.5 Å². The molecule has 0 aliphatic rings. The maximum Gasteiger partial charge on any atom is 0.0797 e. The lowest BCUT2D eigenvalue weighted by Gasteiger charge is -1.91. The largest absolute Gasteiger partial charge is 0.390 e. The minimum Gasteiger partial charge on any atom is -0.390 e. The summed E-state index contributed by atoms with van der Waals surface area (Å²) in [6, 6.07) is 0. The van der Waals surface area contributed by atoms with E-state index in [0.717, 1.165) is 19.6 Å². The summed E-state index contributed by atoms with van der Waals surface area (Å²) in [7, 11) is 1.67. The Morgan fingerprint density at radius 1 is 1.75 bits per heavy atom. The van der Waals surface area contributed by atoms with E-state index in [4.69, 9.17) is 10.5 Å². The number of methoxy groups -OCH3 is 1. The third-order valence-electron chi connectivity index (χ3n) is 0.741. The van der Waals surface area contributed by atoms with Crippen LogP contribution < -0.4 is 5.73 Å². The van der Waals surface area contributed by atoms with Crippen molar-refractivity contribution in [3.63, 3.8) is 0 Å². The number of hydrogen-bond donors (Lipinski definition) is 1. The van der Waals surface area contributed by atoms with Crippen molar-refractivity contribution in [2.75, 3.05) is 20.3 Å². The molecule has 0 aliphatic carbocycles. The first-order chi connectivity index (χ1) is 3.91. The predicted octanol–water partition coefficient (Wildman–Crippen LogP) is 0.00990. The van der Waals surface area contributed by atoms with Gasteiger partial charge in [0.25, 0.3) is 0 Å². The lowest BCUT2D eigenvalue weighted by atomic mass is 10.5. The van der Waals surface area contributed by atoms with Gasteiger partial charge in [-0.15, -0.1) is 0 Å². The summed E-state index contributed by atoms with van der Waals surface area (Å²) >= 11 is 0. The number of hydrogen-bond acceptors (Lipinski definition) is 2. The molecule has 0 bridgehead atoms. The normalized spacial score (nSPS) is 10.6. The van der Waals surface area contributed by atoms with Crippen molar-refractivity contribution in [2.45, 2.75) is 6.42 Å². The van der Waals surface area contributed by atoms with Gasteiger partial charge in [-0.25, -0.2) is 0 Å². The van der Waals surface area contributed by atoms with Gasteiger partial charge in [-0.05, 0) is 6.42 Å². The van der Waals surface area contributed by atoms with E-state index >= 15 is 0 Å². The maximum atomic E-state index is 4.98. The first kappa shape index (κ1) is 7.43. The van der Waals surface area contributed by atoms with Gasteiger partial charge in [-0.2, -0.15) is 0 Å². The third kappa shape index (κ3) is 5.43. The molecule has 0 heterocycles. The van der Waals surface area contributed by atoms with Gasteiger partial charge in [0.1, 0.15) is 0 Å². The van der Waals surface area contributed by atoms with Gasteiger partial charge in [-0.3, -0.25) is 4.99 Å². The Morgan fingerprint density at radius 3 is 3.00 bits per heavy atom. The van der Waals surface area contributed by atoms with Crippen LogP contribution in [0.1, 0.15) is 6.42 Å². The molecule has 3 heteroatoms. The molecular formula is C5H12N2O. The van der Waals surface area contributed by atoms with Crippen LogP contribution in [0.5, 0.6) is 0 Å². The lowest BCUT2D eigenvalue weighted by Crippen LogP contribution is -1.94. The van der Waals surface area contributed by atoms with Gasteiger partial charge in [0.2, 0.25) is 0 Å². The first-order valence-corrected chi connectivity index (χ1v) is 2.60. The van der Waals surface area contributed by atoms with Crippen LogP contribution in [-0.2, 0) is 4.74 Å². The Bertz CT molecular complexity index is 63.4. The average Bonchev–Trinajstić information content (AvgIpc) is 1.81. The van der Waals surface area contributed by atoms with Crippen molar-refractivity contribution in [2.24, 2.45) is 10.7 Å². The summed E-state index contributed by atoms with van der Waals surface area (Å²) in [5.41, 5.74) is 4.98. The SMILES string of the molecule is COCCCN=CN. The highest BCUT2D eigenvalue weighted by molar-refractivity contribution is 5.50. The summed E-state index contributed by atoms with van der Waals surface area (Å²) in [5, 5.41) is 0. The molecule has 0 aromatic rings. The molecule has 0 radical (unpaired) electrons. The third-order valence-corrected chi connectivity index (χ3v) is 0.741. The van der Waals surface area contributed by atoms with Crippen LogP contribution in [0.3, 0.4) is 0 Å². The van der Waals surface area contributed by atoms with Crippen molar-refractivity contribution >= 4 is 6.34 Å². The van der Waals surface area contributed by atoms with Crippen LogP contribution >= 0.6 is 0 Å². The monoisotopic (exact) mass is 116 g/mol. The summed E-state index contributed by atoms with van der Waals surface area (Å²) < 4.78 is 4.77. The number of nitrogens with zero attached hydrogens (tertiary/aromatic N) is 1. The molecule has 48 valence electrons. The van der Waals surface area contributed by atoms with Gasteiger partial charge in [0, 0.05) is 20.3 Å². The second kappa shape index (κ2) is 6.43. The Morgan fingerprint density at radius 2 is 2.50 bits per heavy atom. The second-order valence-electron chi connectivity index (χ2n) is 1.40. The Labute approximate surface area is 49.5 Å². The quantitative estimate of drug-likeness (QED) is 0.319. The molecule has 0 saturated heterocycles. The molecule has 0 aromatic carbocycles. The van der Waals surface area contributed by atoms with Crippen molar-refractivity contribution in [1.82, 2.24) is 0 Å². The maximum absolute atomic E-state index is 4.98. The van der Waals surface area contributed by atoms with Crippen LogP contribution in [-0.4, -0.2) is 26.6 Å². The standard InChI is InChI=1S/C5H12N2O/c1-8-4-2-3-7-5-6/h5H,2-4H2,1H3,(H2,6,7). The molecule has 0 saturated carbocycles. The van der Waals surface area contributed by atoms with Gasteiger partial charge >= 0.3 is 0 Å². The fraction of sp³-hybridized carbons (Fsp3) is 0.800. The zero-order valence-electron chi connectivity index (χ0n) is 5.13.